The Morgan fingerprint density at radius 2 is 1.43 bits per heavy atom. The zero-order valence-corrected chi connectivity index (χ0v) is 29.1. The molecule has 288 valence electrons. The molecule has 54 heavy (non-hydrogen) atoms. The van der Waals surface area contributed by atoms with Crippen molar-refractivity contribution in [3.8, 4) is 17.2 Å². The first-order valence-corrected chi connectivity index (χ1v) is 16.7. The number of carbonyl (C=O) groups excluding carboxylic acids is 5. The summed E-state index contributed by atoms with van der Waals surface area (Å²) in [5, 5.41) is 16.7. The number of ether oxygens (including phenoxy) is 3. The van der Waals surface area contributed by atoms with Crippen molar-refractivity contribution in [1.82, 2.24) is 10.6 Å². The molecule has 0 spiro atoms. The number of carboxylic acids is 1. The van der Waals surface area contributed by atoms with Crippen LogP contribution in [0.4, 0.5) is 23.2 Å². The topological polar surface area (TPSA) is 186 Å². The number of carboxylic acid groups (broad SMARTS) is 1. The molecule has 4 rings (SSSR count). The lowest BCUT2D eigenvalue weighted by Gasteiger charge is -2.40. The van der Waals surface area contributed by atoms with Gasteiger partial charge in [-0.1, -0.05) is 30.7 Å². The van der Waals surface area contributed by atoms with Crippen molar-refractivity contribution < 1.29 is 65.6 Å². The number of rotatable bonds is 18. The van der Waals surface area contributed by atoms with E-state index in [2.05, 4.69) is 20.7 Å². The Morgan fingerprint density at radius 3 is 2.00 bits per heavy atom. The van der Waals surface area contributed by atoms with Crippen LogP contribution < -0.4 is 25.4 Å². The highest BCUT2D eigenvalue weighted by Gasteiger charge is 2.52. The first kappa shape index (κ1) is 40.8. The number of aliphatic carboxylic acids is 1. The van der Waals surface area contributed by atoms with E-state index < -0.39 is 101 Å². The average molecular weight is 760 g/mol. The van der Waals surface area contributed by atoms with E-state index in [9.17, 15) is 51.4 Å². The van der Waals surface area contributed by atoms with Gasteiger partial charge in [-0.15, -0.1) is 0 Å². The Bertz CT molecular complexity index is 1860. The Hall–Kier alpha value is -6.00. The fourth-order valence-electron chi connectivity index (χ4n) is 5.37. The Morgan fingerprint density at radius 1 is 0.815 bits per heavy atom. The van der Waals surface area contributed by atoms with Gasteiger partial charge in [0.05, 0.1) is 12.5 Å². The number of hydrogen-bond donors (Lipinski definition) is 4. The zero-order valence-electron chi connectivity index (χ0n) is 29.1. The van der Waals surface area contributed by atoms with Crippen molar-refractivity contribution in [3.05, 3.63) is 83.9 Å². The summed E-state index contributed by atoms with van der Waals surface area (Å²) in [6.45, 7) is 1.93. The predicted molar refractivity (Wildman–Crippen MR) is 181 cm³/mol. The molecule has 13 nitrogen and oxygen atoms in total. The summed E-state index contributed by atoms with van der Waals surface area (Å²) in [5.41, 5.74) is -1.63. The minimum Gasteiger partial charge on any atom is -0.481 e. The number of ketones is 1. The molecule has 0 radical (unpaired) electrons. The summed E-state index contributed by atoms with van der Waals surface area (Å²) in [4.78, 5) is 77.9. The molecule has 0 aromatic heterocycles. The second-order valence-electron chi connectivity index (χ2n) is 12.6. The molecule has 1 fully saturated rings. The molecule has 0 heterocycles. The summed E-state index contributed by atoms with van der Waals surface area (Å²) < 4.78 is 70.9. The highest BCUT2D eigenvalue weighted by Crippen LogP contribution is 2.42. The Balaban J connectivity index is 1.50. The van der Waals surface area contributed by atoms with Gasteiger partial charge in [-0.25, -0.2) is 8.78 Å². The molecule has 0 bridgehead atoms. The molecule has 4 N–H and O–H groups in total. The van der Waals surface area contributed by atoms with E-state index in [4.69, 9.17) is 9.47 Å². The monoisotopic (exact) mass is 759 g/mol. The van der Waals surface area contributed by atoms with Crippen molar-refractivity contribution in [2.75, 3.05) is 11.9 Å². The fraction of sp³-hybridized carbons (Fsp3) is 0.351. The van der Waals surface area contributed by atoms with E-state index in [1.807, 2.05) is 6.07 Å². The van der Waals surface area contributed by atoms with E-state index >= 15 is 0 Å². The molecule has 3 aromatic carbocycles. The van der Waals surface area contributed by atoms with E-state index in [1.165, 1.54) is 6.07 Å². The lowest BCUT2D eigenvalue weighted by molar-refractivity contribution is -0.153. The number of carbonyl (C=O) groups is 6. The second-order valence-corrected chi connectivity index (χ2v) is 12.6. The molecule has 17 heteroatoms. The Kier molecular flexibility index (Phi) is 13.7. The molecule has 3 aromatic rings. The van der Waals surface area contributed by atoms with Gasteiger partial charge in [0.25, 0.3) is 0 Å². The third kappa shape index (κ3) is 10.5. The molecule has 2 unspecified atom stereocenters. The molecule has 1 saturated carbocycles. The minimum atomic E-state index is -1.95. The van der Waals surface area contributed by atoms with Crippen LogP contribution >= 0.6 is 0 Å². The van der Waals surface area contributed by atoms with Crippen LogP contribution in [0, 0.1) is 28.7 Å². The average Bonchev–Trinajstić information content (AvgIpc) is 3.08. The van der Waals surface area contributed by atoms with Crippen LogP contribution in [-0.4, -0.2) is 65.3 Å². The van der Waals surface area contributed by atoms with Crippen LogP contribution in [0.3, 0.4) is 0 Å². The maximum absolute atomic E-state index is 14.1. The lowest BCUT2D eigenvalue weighted by Crippen LogP contribution is -2.60. The van der Waals surface area contributed by atoms with Crippen LogP contribution in [0.2, 0.25) is 0 Å². The van der Waals surface area contributed by atoms with Gasteiger partial charge in [0.1, 0.15) is 35.6 Å². The SMILES string of the molecule is CC(C)OC(=O)CCC(NC(=O)C1(C(=O)NC(CC(=O)O)C(=O)COc2c(F)c(F)cc(F)c2F)CCC1)C(=O)Nc1cccc(Oc2ccccc2)c1. The highest BCUT2D eigenvalue weighted by atomic mass is 19.2. The quantitative estimate of drug-likeness (QED) is 0.0598. The molecular formula is C37H37F4N3O10. The van der Waals surface area contributed by atoms with Gasteiger partial charge in [0.2, 0.25) is 29.4 Å². The van der Waals surface area contributed by atoms with Gasteiger partial charge in [-0.3, -0.25) is 28.8 Å². The number of anilines is 1. The lowest BCUT2D eigenvalue weighted by atomic mass is 9.67. The van der Waals surface area contributed by atoms with Gasteiger partial charge in [-0.05, 0) is 57.4 Å². The standard InChI is InChI=1S/C37H37F4N3O10/c1-20(2)53-30(48)13-12-26(34(49)42-21-8-6-11-23(16-21)54-22-9-4-3-5-10-22)43-35(50)37(14-7-15-37)36(51)44-27(18-29(46)47)28(45)19-52-33-31(40)24(38)17-25(39)32(33)41/h3-6,8-11,16-17,20,26-27H,7,12-15,18-19H2,1-2H3,(H,42,49)(H,43,50)(H,44,51)(H,46,47). The first-order valence-electron chi connectivity index (χ1n) is 16.7. The van der Waals surface area contributed by atoms with Crippen molar-refractivity contribution in [1.29, 1.82) is 0 Å². The molecule has 1 aliphatic rings. The van der Waals surface area contributed by atoms with Crippen LogP contribution in [0.1, 0.15) is 52.4 Å². The number of nitrogens with one attached hydrogen (secondary N) is 3. The molecule has 2 atom stereocenters. The fourth-order valence-corrected chi connectivity index (χ4v) is 5.37. The molecule has 1 aliphatic carbocycles. The summed E-state index contributed by atoms with van der Waals surface area (Å²) in [7, 11) is 0. The first-order chi connectivity index (χ1) is 25.6. The molecule has 3 amide bonds. The zero-order chi connectivity index (χ0) is 39.6. The van der Waals surface area contributed by atoms with Gasteiger partial charge in [0.15, 0.2) is 23.2 Å². The number of hydrogen-bond acceptors (Lipinski definition) is 9. The number of amides is 3. The van der Waals surface area contributed by atoms with Crippen molar-refractivity contribution in [2.24, 2.45) is 5.41 Å². The minimum absolute atomic E-state index is 0.0823. The summed E-state index contributed by atoms with van der Waals surface area (Å²) in [5.74, 6) is -14.6. The van der Waals surface area contributed by atoms with E-state index in [0.717, 1.165) is 0 Å². The predicted octanol–water partition coefficient (Wildman–Crippen LogP) is 4.97. The maximum atomic E-state index is 14.1. The van der Waals surface area contributed by atoms with E-state index in [-0.39, 0.29) is 37.4 Å². The van der Waals surface area contributed by atoms with E-state index in [0.29, 0.717) is 17.9 Å². The molecule has 0 saturated heterocycles. The van der Waals surface area contributed by atoms with Gasteiger partial charge >= 0.3 is 11.9 Å². The highest BCUT2D eigenvalue weighted by molar-refractivity contribution is 6.09. The number of halogens is 4. The smallest absolute Gasteiger partial charge is 0.306 e. The normalized spacial score (nSPS) is 14.1. The van der Waals surface area contributed by atoms with E-state index in [1.54, 1.807) is 56.3 Å². The maximum Gasteiger partial charge on any atom is 0.306 e. The van der Waals surface area contributed by atoms with Crippen molar-refractivity contribution in [2.45, 2.75) is 70.6 Å². The second kappa shape index (κ2) is 18.2. The third-order valence-electron chi connectivity index (χ3n) is 8.29. The van der Waals surface area contributed by atoms with Crippen LogP contribution in [-0.2, 0) is 33.5 Å². The number of para-hydroxylation sites is 1. The van der Waals surface area contributed by atoms with Gasteiger partial charge < -0.3 is 35.3 Å². The van der Waals surface area contributed by atoms with Crippen LogP contribution in [0.25, 0.3) is 0 Å². The largest absolute Gasteiger partial charge is 0.481 e. The van der Waals surface area contributed by atoms with Gasteiger partial charge in [0, 0.05) is 24.2 Å². The molecule has 0 aliphatic heterocycles. The van der Waals surface area contributed by atoms with Crippen LogP contribution in [0.5, 0.6) is 17.2 Å². The number of Topliss-reactive ketones (excluding diaryl/α,β-unsaturated/α-hetero) is 1. The van der Waals surface area contributed by atoms with Crippen molar-refractivity contribution >= 4 is 41.1 Å². The summed E-state index contributed by atoms with van der Waals surface area (Å²) >= 11 is 0. The third-order valence-corrected chi connectivity index (χ3v) is 8.29. The number of esters is 1. The Labute approximate surface area is 306 Å². The molecular weight excluding hydrogens is 722 g/mol. The summed E-state index contributed by atoms with van der Waals surface area (Å²) in [6, 6.07) is 11.7. The number of benzene rings is 3. The van der Waals surface area contributed by atoms with Crippen LogP contribution in [0.15, 0.2) is 60.7 Å². The van der Waals surface area contributed by atoms with Crippen molar-refractivity contribution in [3.63, 3.8) is 0 Å². The van der Waals surface area contributed by atoms with Gasteiger partial charge in [-0.2, -0.15) is 8.78 Å². The summed E-state index contributed by atoms with van der Waals surface area (Å²) in [6.07, 6.45) is -1.92.